The third-order valence-electron chi connectivity index (χ3n) is 2.32. The van der Waals surface area contributed by atoms with E-state index in [2.05, 4.69) is 29.5 Å². The Morgan fingerprint density at radius 2 is 2.38 bits per heavy atom. The first-order valence-electron chi connectivity index (χ1n) is 4.92. The van der Waals surface area contributed by atoms with Gasteiger partial charge in [0.25, 0.3) is 0 Å². The van der Waals surface area contributed by atoms with Crippen LogP contribution in [0.25, 0.3) is 0 Å². The molecule has 1 aliphatic rings. The van der Waals surface area contributed by atoms with Crippen LogP contribution in [-0.2, 0) is 0 Å². The molecule has 0 fully saturated rings. The van der Waals surface area contributed by atoms with Crippen LogP contribution in [0.3, 0.4) is 0 Å². The summed E-state index contributed by atoms with van der Waals surface area (Å²) in [5.74, 6) is 0.710. The van der Waals surface area contributed by atoms with Crippen LogP contribution in [0, 0.1) is 5.92 Å². The van der Waals surface area contributed by atoms with Crippen LogP contribution >= 0.6 is 0 Å². The molecule has 0 aromatic rings. The van der Waals surface area contributed by atoms with Crippen LogP contribution in [0.5, 0.6) is 0 Å². The van der Waals surface area contributed by atoms with E-state index in [-0.39, 0.29) is 0 Å². The molecule has 0 saturated carbocycles. The van der Waals surface area contributed by atoms with Gasteiger partial charge in [0, 0.05) is 6.21 Å². The molecule has 72 valence electrons. The monoisotopic (exact) mass is 179 g/mol. The van der Waals surface area contributed by atoms with Gasteiger partial charge in [0.15, 0.2) is 0 Å². The molecule has 2 nitrogen and oxygen atoms in total. The van der Waals surface area contributed by atoms with E-state index in [1.165, 1.54) is 19.3 Å². The Morgan fingerprint density at radius 3 is 3.23 bits per heavy atom. The van der Waals surface area contributed by atoms with Crippen LogP contribution < -0.4 is 0 Å². The molecule has 0 aromatic carbocycles. The summed E-state index contributed by atoms with van der Waals surface area (Å²) in [5, 5.41) is 11.2. The highest BCUT2D eigenvalue weighted by Gasteiger charge is 2.04. The molecule has 1 unspecified atom stereocenters. The molecular weight excluding hydrogens is 162 g/mol. The molecule has 0 radical (unpaired) electrons. The lowest BCUT2D eigenvalue weighted by Crippen LogP contribution is -1.95. The van der Waals surface area contributed by atoms with Gasteiger partial charge in [-0.1, -0.05) is 24.3 Å². The van der Waals surface area contributed by atoms with Gasteiger partial charge in [-0.25, -0.2) is 0 Å². The van der Waals surface area contributed by atoms with Crippen LogP contribution in [-0.4, -0.2) is 11.4 Å². The first kappa shape index (κ1) is 10.0. The van der Waals surface area contributed by atoms with Gasteiger partial charge in [0.05, 0.1) is 0 Å². The number of allylic oxidation sites excluding steroid dienone is 4. The fraction of sp³-hybridized carbons (Fsp3) is 0.545. The molecule has 0 aromatic heterocycles. The minimum Gasteiger partial charge on any atom is -0.411 e. The molecular formula is C11H17NO. The molecule has 1 N–H and O–H groups in total. The normalized spacial score (nSPS) is 22.3. The minimum atomic E-state index is 0.710. The Balaban J connectivity index is 2.14. The molecule has 1 atom stereocenters. The van der Waals surface area contributed by atoms with E-state index >= 15 is 0 Å². The summed E-state index contributed by atoms with van der Waals surface area (Å²) in [6.45, 7) is 0. The van der Waals surface area contributed by atoms with Crippen molar-refractivity contribution in [2.24, 2.45) is 11.1 Å². The quantitative estimate of drug-likeness (QED) is 0.306. The van der Waals surface area contributed by atoms with Crippen molar-refractivity contribution in [2.45, 2.75) is 32.1 Å². The fourth-order valence-electron chi connectivity index (χ4n) is 1.57. The maximum absolute atomic E-state index is 8.19. The van der Waals surface area contributed by atoms with Crippen molar-refractivity contribution < 1.29 is 5.21 Å². The highest BCUT2D eigenvalue weighted by Crippen LogP contribution is 2.18. The Hall–Kier alpha value is -1.05. The van der Waals surface area contributed by atoms with E-state index in [1.54, 1.807) is 6.21 Å². The highest BCUT2D eigenvalue weighted by molar-refractivity contribution is 5.55. The van der Waals surface area contributed by atoms with Gasteiger partial charge in [-0.05, 0) is 38.0 Å². The van der Waals surface area contributed by atoms with Crippen LogP contribution in [0.4, 0.5) is 0 Å². The van der Waals surface area contributed by atoms with E-state index < -0.39 is 0 Å². The second-order valence-corrected chi connectivity index (χ2v) is 3.38. The van der Waals surface area contributed by atoms with Gasteiger partial charge in [0.1, 0.15) is 0 Å². The lowest BCUT2D eigenvalue weighted by atomic mass is 9.97. The Bertz CT molecular complexity index is 206. The summed E-state index contributed by atoms with van der Waals surface area (Å²) in [4.78, 5) is 0. The summed E-state index contributed by atoms with van der Waals surface area (Å²) in [6.07, 6.45) is 15.9. The lowest BCUT2D eigenvalue weighted by Gasteiger charge is -2.08. The minimum absolute atomic E-state index is 0.710. The first-order chi connectivity index (χ1) is 6.43. The molecule has 2 heteroatoms. The van der Waals surface area contributed by atoms with E-state index in [4.69, 9.17) is 5.21 Å². The standard InChI is InChI=1S/C11H17NO/c13-12-10-6-5-9-11-7-3-1-2-4-8-11/h1-3,7,10-11,13H,4-6,8-9H2/b12-10+. The number of rotatable bonds is 4. The van der Waals surface area contributed by atoms with E-state index in [0.29, 0.717) is 5.92 Å². The fourth-order valence-corrected chi connectivity index (χ4v) is 1.57. The molecule has 0 amide bonds. The number of nitrogens with zero attached hydrogens (tertiary/aromatic N) is 1. The third kappa shape index (κ3) is 4.51. The Kier molecular flexibility index (Phi) is 4.99. The van der Waals surface area contributed by atoms with Crippen molar-refractivity contribution in [1.82, 2.24) is 0 Å². The summed E-state index contributed by atoms with van der Waals surface area (Å²) >= 11 is 0. The van der Waals surface area contributed by atoms with Gasteiger partial charge < -0.3 is 5.21 Å². The van der Waals surface area contributed by atoms with Crippen molar-refractivity contribution >= 4 is 6.21 Å². The maximum Gasteiger partial charge on any atom is 0.0435 e. The van der Waals surface area contributed by atoms with Gasteiger partial charge in [-0.15, -0.1) is 5.16 Å². The highest BCUT2D eigenvalue weighted by atomic mass is 16.4. The number of hydrogen-bond acceptors (Lipinski definition) is 2. The second kappa shape index (κ2) is 6.46. The van der Waals surface area contributed by atoms with Crippen LogP contribution in [0.1, 0.15) is 32.1 Å². The zero-order chi connectivity index (χ0) is 9.36. The SMILES string of the molecule is O/N=C/CCCC1C=CC=CCC1. The average molecular weight is 179 g/mol. The second-order valence-electron chi connectivity index (χ2n) is 3.38. The average Bonchev–Trinajstić information content (AvgIpc) is 2.41. The molecule has 0 spiro atoms. The number of unbranched alkanes of at least 4 members (excludes halogenated alkanes) is 1. The predicted octanol–water partition coefficient (Wildman–Crippen LogP) is 3.14. The first-order valence-corrected chi connectivity index (χ1v) is 4.92. The zero-order valence-electron chi connectivity index (χ0n) is 7.89. The molecule has 0 saturated heterocycles. The van der Waals surface area contributed by atoms with E-state index in [0.717, 1.165) is 12.8 Å². The van der Waals surface area contributed by atoms with Gasteiger partial charge in [-0.2, -0.15) is 0 Å². The molecule has 1 aliphatic carbocycles. The summed E-state index contributed by atoms with van der Waals surface area (Å²) in [6, 6.07) is 0. The van der Waals surface area contributed by atoms with Crippen molar-refractivity contribution in [2.75, 3.05) is 0 Å². The Morgan fingerprint density at radius 1 is 1.46 bits per heavy atom. The van der Waals surface area contributed by atoms with E-state index in [9.17, 15) is 0 Å². The van der Waals surface area contributed by atoms with Gasteiger partial charge in [0.2, 0.25) is 0 Å². The predicted molar refractivity (Wildman–Crippen MR) is 55.1 cm³/mol. The summed E-state index contributed by atoms with van der Waals surface area (Å²) in [5.41, 5.74) is 0. The topological polar surface area (TPSA) is 32.6 Å². The molecule has 0 bridgehead atoms. The molecule has 0 heterocycles. The smallest absolute Gasteiger partial charge is 0.0435 e. The molecule has 1 rings (SSSR count). The summed E-state index contributed by atoms with van der Waals surface area (Å²) < 4.78 is 0. The number of oxime groups is 1. The van der Waals surface area contributed by atoms with Gasteiger partial charge in [-0.3, -0.25) is 0 Å². The number of hydrogen-bond donors (Lipinski definition) is 1. The van der Waals surface area contributed by atoms with Crippen LogP contribution in [0.15, 0.2) is 29.5 Å². The van der Waals surface area contributed by atoms with E-state index in [1.807, 2.05) is 0 Å². The maximum atomic E-state index is 8.19. The molecule has 13 heavy (non-hydrogen) atoms. The van der Waals surface area contributed by atoms with Gasteiger partial charge >= 0.3 is 0 Å². The lowest BCUT2D eigenvalue weighted by molar-refractivity contribution is 0.320. The van der Waals surface area contributed by atoms with Crippen molar-refractivity contribution in [3.05, 3.63) is 24.3 Å². The van der Waals surface area contributed by atoms with Crippen molar-refractivity contribution in [3.63, 3.8) is 0 Å². The molecule has 0 aliphatic heterocycles. The van der Waals surface area contributed by atoms with Crippen molar-refractivity contribution in [3.8, 4) is 0 Å². The summed E-state index contributed by atoms with van der Waals surface area (Å²) in [7, 11) is 0. The largest absolute Gasteiger partial charge is 0.411 e. The zero-order valence-corrected chi connectivity index (χ0v) is 7.89. The third-order valence-corrected chi connectivity index (χ3v) is 2.32. The van der Waals surface area contributed by atoms with Crippen LogP contribution in [0.2, 0.25) is 0 Å². The van der Waals surface area contributed by atoms with Crippen molar-refractivity contribution in [1.29, 1.82) is 0 Å². The Labute approximate surface area is 79.6 Å².